The molecule has 0 spiro atoms. The normalized spacial score (nSPS) is 22.7. The molecule has 1 heterocycles. The molecule has 1 rings (SSSR count). The van der Waals surface area contributed by atoms with Crippen LogP contribution < -0.4 is 10.6 Å². The third-order valence-corrected chi connectivity index (χ3v) is 4.09. The van der Waals surface area contributed by atoms with Gasteiger partial charge in [0.25, 0.3) is 0 Å². The van der Waals surface area contributed by atoms with Crippen molar-refractivity contribution >= 4 is 5.91 Å². The molecule has 1 amide bonds. The van der Waals surface area contributed by atoms with Crippen LogP contribution in [0, 0.1) is 5.41 Å². The first-order valence-corrected chi connectivity index (χ1v) is 7.56. The summed E-state index contributed by atoms with van der Waals surface area (Å²) in [6, 6.07) is 0.422. The van der Waals surface area contributed by atoms with Gasteiger partial charge >= 0.3 is 0 Å². The first-order chi connectivity index (χ1) is 8.56. The maximum atomic E-state index is 11.7. The van der Waals surface area contributed by atoms with E-state index in [-0.39, 0.29) is 5.91 Å². The number of piperidine rings is 1. The van der Waals surface area contributed by atoms with E-state index in [9.17, 15) is 4.79 Å². The monoisotopic (exact) mass is 254 g/mol. The molecule has 3 heteroatoms. The molecule has 1 aliphatic heterocycles. The molecule has 106 valence electrons. The quantitative estimate of drug-likeness (QED) is 0.686. The van der Waals surface area contributed by atoms with E-state index in [0.717, 1.165) is 19.5 Å². The molecular formula is C15H30N2O. The fourth-order valence-corrected chi connectivity index (χ4v) is 2.64. The molecular weight excluding hydrogens is 224 g/mol. The van der Waals surface area contributed by atoms with Gasteiger partial charge in [-0.2, -0.15) is 0 Å². The second kappa shape index (κ2) is 7.78. The van der Waals surface area contributed by atoms with E-state index in [1.807, 2.05) is 0 Å². The third-order valence-electron chi connectivity index (χ3n) is 4.09. The van der Waals surface area contributed by atoms with E-state index in [1.54, 1.807) is 0 Å². The van der Waals surface area contributed by atoms with Crippen molar-refractivity contribution in [3.8, 4) is 0 Å². The highest BCUT2D eigenvalue weighted by atomic mass is 16.1. The van der Waals surface area contributed by atoms with Crippen LogP contribution in [-0.2, 0) is 4.79 Å². The predicted octanol–water partition coefficient (Wildman–Crippen LogP) is 2.85. The summed E-state index contributed by atoms with van der Waals surface area (Å²) in [5, 5.41) is 6.61. The maximum absolute atomic E-state index is 11.7. The lowest BCUT2D eigenvalue weighted by molar-refractivity contribution is -0.121. The largest absolute Gasteiger partial charge is 0.355 e. The molecule has 0 bridgehead atoms. The van der Waals surface area contributed by atoms with Gasteiger partial charge < -0.3 is 10.6 Å². The zero-order valence-corrected chi connectivity index (χ0v) is 12.3. The maximum Gasteiger partial charge on any atom is 0.220 e. The average Bonchev–Trinajstić information content (AvgIpc) is 2.33. The van der Waals surface area contributed by atoms with Crippen LogP contribution in [0.1, 0.15) is 65.7 Å². The zero-order valence-electron chi connectivity index (χ0n) is 12.3. The summed E-state index contributed by atoms with van der Waals surface area (Å²) in [6.07, 6.45) is 7.85. The van der Waals surface area contributed by atoms with Crippen molar-refractivity contribution in [2.45, 2.75) is 71.8 Å². The van der Waals surface area contributed by atoms with E-state index in [4.69, 9.17) is 0 Å². The lowest BCUT2D eigenvalue weighted by Crippen LogP contribution is -2.52. The van der Waals surface area contributed by atoms with Gasteiger partial charge in [-0.3, -0.25) is 4.79 Å². The van der Waals surface area contributed by atoms with Crippen molar-refractivity contribution in [1.82, 2.24) is 10.6 Å². The SMILES string of the molecule is CCCCCCC(=O)NCC1NCCCC1(C)C. The Kier molecular flexibility index (Phi) is 6.69. The molecule has 1 saturated heterocycles. The first-order valence-electron chi connectivity index (χ1n) is 7.56. The Bertz CT molecular complexity index is 251. The van der Waals surface area contributed by atoms with Gasteiger partial charge in [-0.15, -0.1) is 0 Å². The Hall–Kier alpha value is -0.570. The van der Waals surface area contributed by atoms with Gasteiger partial charge in [-0.25, -0.2) is 0 Å². The van der Waals surface area contributed by atoms with Crippen LogP contribution in [0.3, 0.4) is 0 Å². The van der Waals surface area contributed by atoms with Crippen LogP contribution in [0.25, 0.3) is 0 Å². The summed E-state index contributed by atoms with van der Waals surface area (Å²) in [4.78, 5) is 11.7. The van der Waals surface area contributed by atoms with Crippen molar-refractivity contribution in [2.75, 3.05) is 13.1 Å². The molecule has 0 saturated carbocycles. The molecule has 1 fully saturated rings. The van der Waals surface area contributed by atoms with Gasteiger partial charge in [0.05, 0.1) is 0 Å². The minimum Gasteiger partial charge on any atom is -0.355 e. The summed E-state index contributed by atoms with van der Waals surface area (Å²) in [7, 11) is 0. The number of amides is 1. The topological polar surface area (TPSA) is 41.1 Å². The summed E-state index contributed by atoms with van der Waals surface area (Å²) < 4.78 is 0. The van der Waals surface area contributed by atoms with E-state index < -0.39 is 0 Å². The zero-order chi connectivity index (χ0) is 13.4. The van der Waals surface area contributed by atoms with E-state index in [0.29, 0.717) is 17.9 Å². The van der Waals surface area contributed by atoms with E-state index >= 15 is 0 Å². The predicted molar refractivity (Wildman–Crippen MR) is 76.6 cm³/mol. The Morgan fingerprint density at radius 2 is 2.11 bits per heavy atom. The van der Waals surface area contributed by atoms with Crippen LogP contribution in [-0.4, -0.2) is 25.0 Å². The van der Waals surface area contributed by atoms with Crippen molar-refractivity contribution in [3.05, 3.63) is 0 Å². The van der Waals surface area contributed by atoms with Gasteiger partial charge in [-0.05, 0) is 31.2 Å². The van der Waals surface area contributed by atoms with Crippen LogP contribution >= 0.6 is 0 Å². The van der Waals surface area contributed by atoms with Crippen molar-refractivity contribution in [2.24, 2.45) is 5.41 Å². The fraction of sp³-hybridized carbons (Fsp3) is 0.933. The van der Waals surface area contributed by atoms with Crippen LogP contribution in [0.15, 0.2) is 0 Å². The summed E-state index contributed by atoms with van der Waals surface area (Å²) in [5.41, 5.74) is 0.299. The number of carbonyl (C=O) groups excluding carboxylic acids is 1. The highest BCUT2D eigenvalue weighted by Gasteiger charge is 2.31. The number of rotatable bonds is 7. The lowest BCUT2D eigenvalue weighted by atomic mass is 9.77. The van der Waals surface area contributed by atoms with Crippen LogP contribution in [0.2, 0.25) is 0 Å². The highest BCUT2D eigenvalue weighted by molar-refractivity contribution is 5.75. The van der Waals surface area contributed by atoms with Gasteiger partial charge in [0.1, 0.15) is 0 Å². The second-order valence-electron chi connectivity index (χ2n) is 6.21. The number of hydrogen-bond donors (Lipinski definition) is 2. The minimum absolute atomic E-state index is 0.217. The van der Waals surface area contributed by atoms with Crippen molar-refractivity contribution < 1.29 is 4.79 Å². The summed E-state index contributed by atoms with van der Waals surface area (Å²) >= 11 is 0. The van der Waals surface area contributed by atoms with Crippen LogP contribution in [0.4, 0.5) is 0 Å². The average molecular weight is 254 g/mol. The lowest BCUT2D eigenvalue weighted by Gasteiger charge is -2.39. The number of unbranched alkanes of at least 4 members (excludes halogenated alkanes) is 3. The Balaban J connectivity index is 2.17. The van der Waals surface area contributed by atoms with Crippen LogP contribution in [0.5, 0.6) is 0 Å². The third kappa shape index (κ3) is 5.38. The van der Waals surface area contributed by atoms with Gasteiger partial charge in [0, 0.05) is 19.0 Å². The molecule has 2 N–H and O–H groups in total. The summed E-state index contributed by atoms with van der Waals surface area (Å²) in [6.45, 7) is 8.63. The minimum atomic E-state index is 0.217. The van der Waals surface area contributed by atoms with Crippen molar-refractivity contribution in [1.29, 1.82) is 0 Å². The van der Waals surface area contributed by atoms with E-state index in [2.05, 4.69) is 31.4 Å². The molecule has 0 aromatic rings. The molecule has 1 unspecified atom stereocenters. The Morgan fingerprint density at radius 1 is 1.33 bits per heavy atom. The van der Waals surface area contributed by atoms with Crippen molar-refractivity contribution in [3.63, 3.8) is 0 Å². The van der Waals surface area contributed by atoms with E-state index in [1.165, 1.54) is 32.1 Å². The molecule has 0 aromatic heterocycles. The number of carbonyl (C=O) groups is 1. The van der Waals surface area contributed by atoms with Gasteiger partial charge in [0.15, 0.2) is 0 Å². The molecule has 1 aliphatic rings. The number of nitrogens with one attached hydrogen (secondary N) is 2. The molecule has 3 nitrogen and oxygen atoms in total. The smallest absolute Gasteiger partial charge is 0.220 e. The van der Waals surface area contributed by atoms with Gasteiger partial charge in [0.2, 0.25) is 5.91 Å². The number of hydrogen-bond acceptors (Lipinski definition) is 2. The highest BCUT2D eigenvalue weighted by Crippen LogP contribution is 2.29. The molecule has 0 aliphatic carbocycles. The van der Waals surface area contributed by atoms with Gasteiger partial charge in [-0.1, -0.05) is 40.0 Å². The Labute approximate surface area is 112 Å². The molecule has 18 heavy (non-hydrogen) atoms. The first kappa shape index (κ1) is 15.5. The molecule has 0 radical (unpaired) electrons. The Morgan fingerprint density at radius 3 is 2.78 bits per heavy atom. The fourth-order valence-electron chi connectivity index (χ4n) is 2.64. The standard InChI is InChI=1S/C15H30N2O/c1-4-5-6-7-9-14(18)17-12-13-15(2,3)10-8-11-16-13/h13,16H,4-12H2,1-3H3,(H,17,18). The summed E-state index contributed by atoms with van der Waals surface area (Å²) in [5.74, 6) is 0.217. The second-order valence-corrected chi connectivity index (χ2v) is 6.21. The molecule has 0 aromatic carbocycles. The molecule has 1 atom stereocenters.